The summed E-state index contributed by atoms with van der Waals surface area (Å²) in [7, 11) is 6.81. The fourth-order valence-electron chi connectivity index (χ4n) is 2.91. The molecule has 0 radical (unpaired) electrons. The molecular formula is C17H31ClN4. The molecule has 0 aromatic heterocycles. The number of nitrogens with two attached hydrogens (primary N) is 1. The summed E-state index contributed by atoms with van der Waals surface area (Å²) in [5, 5.41) is 0. The quantitative estimate of drug-likeness (QED) is 0.550. The van der Waals surface area contributed by atoms with E-state index in [1.807, 2.05) is 12.1 Å². The van der Waals surface area contributed by atoms with Gasteiger partial charge in [-0.05, 0) is 37.2 Å². The molecule has 1 saturated heterocycles. The standard InChI is InChI=1S/C17H31N4.ClH/c1-21(2,3)15-5-11-19-10-4-12-20(14-13-19)17-8-6-16(18)7-9-17;/h6-9H,4-5,10-15,18H2,1-3H3;1H/q+1;/p-1. The molecule has 2 N–H and O–H groups in total. The Hall–Kier alpha value is -0.970. The second-order valence-electron chi connectivity index (χ2n) is 7.14. The first kappa shape index (κ1) is 19.1. The molecule has 1 heterocycles. The van der Waals surface area contributed by atoms with Crippen LogP contribution in [0.3, 0.4) is 0 Å². The number of nitrogens with zero attached hydrogens (tertiary/aromatic N) is 3. The van der Waals surface area contributed by atoms with E-state index in [2.05, 4.69) is 43.1 Å². The first-order chi connectivity index (χ1) is 9.94. The van der Waals surface area contributed by atoms with Crippen LogP contribution in [0.1, 0.15) is 12.8 Å². The average Bonchev–Trinajstić information content (AvgIpc) is 2.64. The van der Waals surface area contributed by atoms with Gasteiger partial charge in [0.15, 0.2) is 0 Å². The van der Waals surface area contributed by atoms with Gasteiger partial charge < -0.3 is 32.4 Å². The highest BCUT2D eigenvalue weighted by atomic mass is 35.5. The fourth-order valence-corrected chi connectivity index (χ4v) is 2.91. The molecule has 0 bridgehead atoms. The molecule has 0 saturated carbocycles. The minimum absolute atomic E-state index is 0. The van der Waals surface area contributed by atoms with Gasteiger partial charge in [-0.15, -0.1) is 0 Å². The van der Waals surface area contributed by atoms with Crippen molar-refractivity contribution in [3.8, 4) is 0 Å². The zero-order chi connectivity index (χ0) is 15.3. The van der Waals surface area contributed by atoms with Crippen molar-refractivity contribution in [3.05, 3.63) is 24.3 Å². The van der Waals surface area contributed by atoms with Crippen LogP contribution in [0.15, 0.2) is 24.3 Å². The van der Waals surface area contributed by atoms with Crippen LogP contribution in [0.2, 0.25) is 0 Å². The third-order valence-corrected chi connectivity index (χ3v) is 4.15. The van der Waals surface area contributed by atoms with Crippen LogP contribution < -0.4 is 23.0 Å². The van der Waals surface area contributed by atoms with Gasteiger partial charge >= 0.3 is 0 Å². The molecule has 22 heavy (non-hydrogen) atoms. The van der Waals surface area contributed by atoms with Crippen molar-refractivity contribution in [1.29, 1.82) is 0 Å². The summed E-state index contributed by atoms with van der Waals surface area (Å²) in [4.78, 5) is 5.10. The molecule has 1 aliphatic heterocycles. The number of benzene rings is 1. The molecule has 1 aliphatic rings. The largest absolute Gasteiger partial charge is 1.00 e. The predicted octanol–water partition coefficient (Wildman–Crippen LogP) is -1.12. The first-order valence-corrected chi connectivity index (χ1v) is 8.07. The van der Waals surface area contributed by atoms with Crippen molar-refractivity contribution in [3.63, 3.8) is 0 Å². The van der Waals surface area contributed by atoms with Gasteiger partial charge in [0, 0.05) is 44.0 Å². The molecular weight excluding hydrogens is 296 g/mol. The van der Waals surface area contributed by atoms with E-state index < -0.39 is 0 Å². The lowest BCUT2D eigenvalue weighted by Crippen LogP contribution is -3.00. The molecule has 0 aliphatic carbocycles. The van der Waals surface area contributed by atoms with Crippen LogP contribution in [0.4, 0.5) is 11.4 Å². The molecule has 5 heteroatoms. The normalized spacial score (nSPS) is 17.0. The van der Waals surface area contributed by atoms with E-state index >= 15 is 0 Å². The zero-order valence-corrected chi connectivity index (χ0v) is 15.0. The van der Waals surface area contributed by atoms with Crippen LogP contribution in [0.5, 0.6) is 0 Å². The molecule has 126 valence electrons. The summed E-state index contributed by atoms with van der Waals surface area (Å²) in [6, 6.07) is 8.28. The highest BCUT2D eigenvalue weighted by Gasteiger charge is 2.16. The lowest BCUT2D eigenvalue weighted by Gasteiger charge is -2.26. The van der Waals surface area contributed by atoms with Crippen LogP contribution in [-0.4, -0.2) is 69.8 Å². The third-order valence-electron chi connectivity index (χ3n) is 4.15. The van der Waals surface area contributed by atoms with E-state index in [4.69, 9.17) is 5.73 Å². The van der Waals surface area contributed by atoms with Crippen molar-refractivity contribution in [2.75, 3.05) is 71.0 Å². The van der Waals surface area contributed by atoms with E-state index in [0.717, 1.165) is 23.3 Å². The monoisotopic (exact) mass is 326 g/mol. The first-order valence-electron chi connectivity index (χ1n) is 8.07. The maximum Gasteiger partial charge on any atom is 0.0792 e. The minimum atomic E-state index is 0. The number of rotatable bonds is 5. The van der Waals surface area contributed by atoms with Gasteiger partial charge in [0.25, 0.3) is 0 Å². The van der Waals surface area contributed by atoms with E-state index in [0.29, 0.717) is 0 Å². The molecule has 4 nitrogen and oxygen atoms in total. The van der Waals surface area contributed by atoms with E-state index in [9.17, 15) is 0 Å². The Morgan fingerprint density at radius 2 is 1.68 bits per heavy atom. The zero-order valence-electron chi connectivity index (χ0n) is 14.3. The molecule has 1 aromatic rings. The van der Waals surface area contributed by atoms with Crippen molar-refractivity contribution in [2.24, 2.45) is 0 Å². The topological polar surface area (TPSA) is 32.5 Å². The fraction of sp³-hybridized carbons (Fsp3) is 0.647. The van der Waals surface area contributed by atoms with Crippen LogP contribution in [0, 0.1) is 0 Å². The van der Waals surface area contributed by atoms with Crippen LogP contribution >= 0.6 is 0 Å². The summed E-state index contributed by atoms with van der Waals surface area (Å²) >= 11 is 0. The molecule has 2 rings (SSSR count). The van der Waals surface area contributed by atoms with Crippen molar-refractivity contribution < 1.29 is 16.9 Å². The number of nitrogen functional groups attached to an aromatic ring is 1. The second kappa shape index (κ2) is 8.61. The van der Waals surface area contributed by atoms with Gasteiger partial charge in [0.2, 0.25) is 0 Å². The highest BCUT2D eigenvalue weighted by molar-refractivity contribution is 5.53. The maximum atomic E-state index is 5.77. The molecule has 0 amide bonds. The van der Waals surface area contributed by atoms with Crippen molar-refractivity contribution in [1.82, 2.24) is 4.90 Å². The summed E-state index contributed by atoms with van der Waals surface area (Å²) in [6.45, 7) is 7.14. The Morgan fingerprint density at radius 3 is 2.32 bits per heavy atom. The minimum Gasteiger partial charge on any atom is -1.00 e. The molecule has 0 spiro atoms. The summed E-state index contributed by atoms with van der Waals surface area (Å²) in [5.41, 5.74) is 7.92. The van der Waals surface area contributed by atoms with Gasteiger partial charge in [0.05, 0.1) is 27.7 Å². The van der Waals surface area contributed by atoms with Gasteiger partial charge in [-0.3, -0.25) is 0 Å². The van der Waals surface area contributed by atoms with Gasteiger partial charge in [-0.25, -0.2) is 0 Å². The lowest BCUT2D eigenvalue weighted by molar-refractivity contribution is -0.870. The van der Waals surface area contributed by atoms with Gasteiger partial charge in [-0.1, -0.05) is 0 Å². The SMILES string of the molecule is C[N+](C)(C)CCCN1CCCN(c2ccc(N)cc2)CC1.[Cl-]. The number of hydrogen-bond acceptors (Lipinski definition) is 3. The predicted molar refractivity (Wildman–Crippen MR) is 91.6 cm³/mol. The summed E-state index contributed by atoms with van der Waals surface area (Å²) in [6.07, 6.45) is 2.53. The Labute approximate surface area is 141 Å². The van der Waals surface area contributed by atoms with Crippen molar-refractivity contribution >= 4 is 11.4 Å². The highest BCUT2D eigenvalue weighted by Crippen LogP contribution is 2.18. The van der Waals surface area contributed by atoms with Crippen molar-refractivity contribution in [2.45, 2.75) is 12.8 Å². The number of anilines is 2. The average molecular weight is 327 g/mol. The van der Waals surface area contributed by atoms with E-state index in [-0.39, 0.29) is 12.4 Å². The van der Waals surface area contributed by atoms with E-state index in [1.165, 1.54) is 44.7 Å². The number of quaternary nitrogens is 1. The molecule has 1 aromatic carbocycles. The lowest BCUT2D eigenvalue weighted by atomic mass is 10.2. The Kier molecular flexibility index (Phi) is 7.46. The molecule has 0 atom stereocenters. The molecule has 0 unspecified atom stereocenters. The smallest absolute Gasteiger partial charge is 0.0792 e. The Balaban J connectivity index is 0.00000242. The second-order valence-corrected chi connectivity index (χ2v) is 7.14. The Bertz CT molecular complexity index is 427. The van der Waals surface area contributed by atoms with Crippen LogP contribution in [0.25, 0.3) is 0 Å². The van der Waals surface area contributed by atoms with Gasteiger partial charge in [-0.2, -0.15) is 0 Å². The number of hydrogen-bond donors (Lipinski definition) is 1. The van der Waals surface area contributed by atoms with Gasteiger partial charge in [0.1, 0.15) is 0 Å². The third kappa shape index (κ3) is 6.42. The maximum absolute atomic E-state index is 5.77. The van der Waals surface area contributed by atoms with Crippen LogP contribution in [-0.2, 0) is 0 Å². The Morgan fingerprint density at radius 1 is 1.00 bits per heavy atom. The van der Waals surface area contributed by atoms with E-state index in [1.54, 1.807) is 0 Å². The number of halogens is 1. The summed E-state index contributed by atoms with van der Waals surface area (Å²) in [5.74, 6) is 0. The summed E-state index contributed by atoms with van der Waals surface area (Å²) < 4.78 is 1.06. The molecule has 1 fully saturated rings.